The highest BCUT2D eigenvalue weighted by atomic mass is 32.7. The van der Waals surface area contributed by atoms with Gasteiger partial charge in [0.2, 0.25) is 0 Å². The minimum atomic E-state index is -4.07. The van der Waals surface area contributed by atoms with Crippen molar-refractivity contribution in [2.45, 2.75) is 69.5 Å². The summed E-state index contributed by atoms with van der Waals surface area (Å²) >= 11 is 4.06. The Morgan fingerprint density at radius 2 is 1.98 bits per heavy atom. The van der Waals surface area contributed by atoms with Gasteiger partial charge in [0.05, 0.1) is 25.6 Å². The smallest absolute Gasteiger partial charge is 0.386 e. The first kappa shape index (κ1) is 30.4. The van der Waals surface area contributed by atoms with Crippen molar-refractivity contribution in [1.29, 1.82) is 0 Å². The maximum absolute atomic E-state index is 13.1. The Morgan fingerprint density at radius 1 is 1.21 bits per heavy atom. The van der Waals surface area contributed by atoms with Crippen LogP contribution in [-0.4, -0.2) is 76.9 Å². The fraction of sp³-hybridized carbons (Fsp3) is 0.542. The van der Waals surface area contributed by atoms with E-state index in [1.54, 1.807) is 4.57 Å². The lowest BCUT2D eigenvalue weighted by molar-refractivity contribution is -0.0498. The highest BCUT2D eigenvalue weighted by molar-refractivity contribution is 8.44. The van der Waals surface area contributed by atoms with Crippen LogP contribution in [0.4, 0.5) is 5.82 Å². The summed E-state index contributed by atoms with van der Waals surface area (Å²) in [7, 11) is 0. The number of aliphatic hydroxyl groups excluding tert-OH is 2. The molecule has 7 atom stereocenters. The number of unbranched alkanes of at least 4 members (excludes halogenated alkanes) is 1. The van der Waals surface area contributed by atoms with Gasteiger partial charge in [-0.05, 0) is 6.42 Å². The van der Waals surface area contributed by atoms with E-state index in [-0.39, 0.29) is 30.8 Å². The number of nitrogens with zero attached hydrogens (tertiary/aromatic N) is 5. The molecule has 18 heteroatoms. The van der Waals surface area contributed by atoms with Crippen molar-refractivity contribution in [1.82, 2.24) is 29.1 Å². The van der Waals surface area contributed by atoms with E-state index in [1.807, 2.05) is 6.92 Å². The maximum atomic E-state index is 13.1. The molecule has 2 saturated heterocycles. The molecule has 16 nitrogen and oxygen atoms in total. The number of anilines is 1. The number of imidazole rings is 1. The van der Waals surface area contributed by atoms with Crippen molar-refractivity contribution in [2.75, 3.05) is 18.9 Å². The second-order valence-corrected chi connectivity index (χ2v) is 12.6. The van der Waals surface area contributed by atoms with Crippen LogP contribution in [0.15, 0.2) is 28.4 Å². The SMILES string of the molecule is CCCC#Cc1cn([C@H]2CC(OP(=O)(S)OC[C@H]3O[C@@H](n4cnc5c(N)ncnc54)CC3O)[C@@H](CO)O2)c(=O)[nH]c1=O. The van der Waals surface area contributed by atoms with Crippen molar-refractivity contribution in [3.8, 4) is 11.8 Å². The van der Waals surface area contributed by atoms with E-state index in [0.717, 1.165) is 11.0 Å². The fourth-order valence-electron chi connectivity index (χ4n) is 4.70. The monoisotopic (exact) mass is 623 g/mol. The van der Waals surface area contributed by atoms with Crippen LogP contribution in [0.1, 0.15) is 50.6 Å². The summed E-state index contributed by atoms with van der Waals surface area (Å²) in [5.74, 6) is 5.79. The van der Waals surface area contributed by atoms with Gasteiger partial charge in [-0.3, -0.25) is 28.0 Å². The van der Waals surface area contributed by atoms with E-state index in [1.165, 1.54) is 18.9 Å². The molecule has 5 rings (SSSR count). The lowest BCUT2D eigenvalue weighted by Crippen LogP contribution is -2.33. The molecule has 5 N–H and O–H groups in total. The van der Waals surface area contributed by atoms with E-state index < -0.39 is 61.5 Å². The minimum Gasteiger partial charge on any atom is -0.394 e. The first-order valence-electron chi connectivity index (χ1n) is 13.1. The van der Waals surface area contributed by atoms with Gasteiger partial charge >= 0.3 is 12.5 Å². The fourth-order valence-corrected chi connectivity index (χ4v) is 6.23. The zero-order valence-corrected chi connectivity index (χ0v) is 24.2. The molecule has 2 aliphatic heterocycles. The van der Waals surface area contributed by atoms with Gasteiger partial charge in [-0.1, -0.05) is 31.0 Å². The van der Waals surface area contributed by atoms with Crippen molar-refractivity contribution in [3.05, 3.63) is 45.3 Å². The lowest BCUT2D eigenvalue weighted by atomic mass is 10.2. The molecule has 0 amide bonds. The van der Waals surface area contributed by atoms with Crippen LogP contribution in [0.2, 0.25) is 0 Å². The number of rotatable bonds is 9. The summed E-state index contributed by atoms with van der Waals surface area (Å²) < 4.78 is 38.6. The van der Waals surface area contributed by atoms with Crippen LogP contribution < -0.4 is 17.0 Å². The third kappa shape index (κ3) is 6.46. The number of aromatic amines is 1. The molecule has 3 unspecified atom stereocenters. The first-order chi connectivity index (χ1) is 20.1. The number of ether oxygens (including phenoxy) is 2. The quantitative estimate of drug-likeness (QED) is 0.125. The van der Waals surface area contributed by atoms with Gasteiger partial charge < -0.3 is 25.4 Å². The summed E-state index contributed by atoms with van der Waals surface area (Å²) in [6.07, 6.45) is 0.144. The van der Waals surface area contributed by atoms with E-state index in [4.69, 9.17) is 24.3 Å². The summed E-state index contributed by atoms with van der Waals surface area (Å²) in [4.78, 5) is 39.1. The number of hydrogen-bond acceptors (Lipinski definition) is 13. The number of fused-ring (bicyclic) bond motifs is 1. The molecule has 3 aromatic rings. The van der Waals surface area contributed by atoms with Gasteiger partial charge in [0.25, 0.3) is 5.56 Å². The zero-order valence-electron chi connectivity index (χ0n) is 22.4. The molecule has 42 heavy (non-hydrogen) atoms. The van der Waals surface area contributed by atoms with Crippen LogP contribution >= 0.6 is 19.0 Å². The molecule has 0 aromatic carbocycles. The van der Waals surface area contributed by atoms with Crippen molar-refractivity contribution in [2.24, 2.45) is 0 Å². The number of aromatic nitrogens is 6. The summed E-state index contributed by atoms with van der Waals surface area (Å²) in [6, 6.07) is 0. The topological polar surface area (TPSA) is 219 Å². The van der Waals surface area contributed by atoms with E-state index >= 15 is 0 Å². The summed E-state index contributed by atoms with van der Waals surface area (Å²) in [5.41, 5.74) is 5.36. The Labute approximate surface area is 243 Å². The Hall–Kier alpha value is -3.07. The van der Waals surface area contributed by atoms with Crippen molar-refractivity contribution >= 4 is 36.0 Å². The van der Waals surface area contributed by atoms with E-state index in [2.05, 4.69) is 44.0 Å². The molecule has 5 heterocycles. The van der Waals surface area contributed by atoms with E-state index in [0.29, 0.717) is 17.6 Å². The third-order valence-electron chi connectivity index (χ3n) is 6.81. The number of nitrogens with two attached hydrogens (primary N) is 1. The molecule has 2 aliphatic rings. The third-order valence-corrected chi connectivity index (χ3v) is 8.45. The standard InChI is InChI=1S/C24H30N7O9PS/c1-2-3-4-5-13-8-30(24(35)29-23(13)34)19-7-15(16(9-32)38-19)40-41(36,42)37-10-17-14(33)6-18(39-17)31-12-28-20-21(25)26-11-27-22(20)31/h8,11-12,14-19,32-33H,2-3,6-7,9-10H2,1H3,(H,36,42)(H2,25,26,27)(H,29,34,35)/t14?,15?,16-,17-,18-,19-,41?/m1/s1. The largest absolute Gasteiger partial charge is 0.394 e. The molecular weight excluding hydrogens is 593 g/mol. The van der Waals surface area contributed by atoms with Gasteiger partial charge in [-0.15, -0.1) is 0 Å². The molecular formula is C24H30N7O9PS. The lowest BCUT2D eigenvalue weighted by Gasteiger charge is -2.22. The van der Waals surface area contributed by atoms with Crippen LogP contribution in [0.3, 0.4) is 0 Å². The van der Waals surface area contributed by atoms with Crippen LogP contribution in [0.25, 0.3) is 11.2 Å². The summed E-state index contributed by atoms with van der Waals surface area (Å²) in [5, 5.41) is 20.4. The van der Waals surface area contributed by atoms with Crippen LogP contribution in [0, 0.1) is 11.8 Å². The van der Waals surface area contributed by atoms with E-state index in [9.17, 15) is 24.4 Å². The minimum absolute atomic E-state index is 0.0176. The number of nitrogens with one attached hydrogen (secondary N) is 1. The van der Waals surface area contributed by atoms with Crippen LogP contribution in [-0.2, 0) is 23.1 Å². The molecule has 226 valence electrons. The first-order valence-corrected chi connectivity index (χ1v) is 15.8. The van der Waals surface area contributed by atoms with Gasteiger partial charge in [0.15, 0.2) is 11.5 Å². The van der Waals surface area contributed by atoms with Gasteiger partial charge in [0.1, 0.15) is 48.2 Å². The highest BCUT2D eigenvalue weighted by Gasteiger charge is 2.42. The second-order valence-electron chi connectivity index (χ2n) is 9.73. The molecule has 3 aromatic heterocycles. The Morgan fingerprint density at radius 3 is 2.74 bits per heavy atom. The zero-order chi connectivity index (χ0) is 30.0. The number of aliphatic hydroxyl groups is 2. The van der Waals surface area contributed by atoms with Gasteiger partial charge in [-0.2, -0.15) is 0 Å². The number of hydrogen-bond donors (Lipinski definition) is 5. The van der Waals surface area contributed by atoms with Crippen molar-refractivity contribution < 1.29 is 33.3 Å². The number of nitrogen functional groups attached to an aromatic ring is 1. The highest BCUT2D eigenvalue weighted by Crippen LogP contribution is 2.56. The average Bonchev–Trinajstić information content (AvgIpc) is 3.65. The predicted octanol–water partition coefficient (Wildman–Crippen LogP) is 0.478. The Kier molecular flexibility index (Phi) is 9.16. The Bertz CT molecular complexity index is 1670. The average molecular weight is 624 g/mol. The normalized spacial score (nSPS) is 27.1. The number of thiol groups is 1. The molecule has 0 saturated carbocycles. The molecule has 0 bridgehead atoms. The van der Waals surface area contributed by atoms with Crippen molar-refractivity contribution in [3.63, 3.8) is 0 Å². The van der Waals surface area contributed by atoms with Crippen LogP contribution in [0.5, 0.6) is 0 Å². The molecule has 0 aliphatic carbocycles. The Balaban J connectivity index is 1.22. The molecule has 0 radical (unpaired) electrons. The van der Waals surface area contributed by atoms with Gasteiger partial charge in [0, 0.05) is 25.5 Å². The van der Waals surface area contributed by atoms with Gasteiger partial charge in [-0.25, -0.2) is 24.3 Å². The number of H-pyrrole nitrogens is 1. The second kappa shape index (κ2) is 12.7. The predicted molar refractivity (Wildman–Crippen MR) is 150 cm³/mol. The molecule has 2 fully saturated rings. The maximum Gasteiger partial charge on any atom is 0.386 e. The summed E-state index contributed by atoms with van der Waals surface area (Å²) in [6.45, 7) is -2.98. The molecule has 0 spiro atoms.